The Morgan fingerprint density at radius 3 is 2.76 bits per heavy atom. The number of rotatable bonds is 2. The third kappa shape index (κ3) is 2.12. The molecule has 1 saturated heterocycles. The fourth-order valence-corrected chi connectivity index (χ4v) is 2.54. The van der Waals surface area contributed by atoms with Crippen LogP contribution in [-0.4, -0.2) is 34.1 Å². The number of hydrogen-bond donors (Lipinski definition) is 2. The summed E-state index contributed by atoms with van der Waals surface area (Å²) in [6.45, 7) is 0.230. The first-order valence-corrected chi connectivity index (χ1v) is 6.41. The zero-order valence-corrected chi connectivity index (χ0v) is 11.3. The quantitative estimate of drug-likeness (QED) is 0.871. The van der Waals surface area contributed by atoms with Crippen molar-refractivity contribution < 1.29 is 19.5 Å². The van der Waals surface area contributed by atoms with Gasteiger partial charge in [0.2, 0.25) is 5.91 Å². The van der Waals surface area contributed by atoms with E-state index in [1.807, 2.05) is 11.6 Å². The number of aromatic nitrogens is 1. The summed E-state index contributed by atoms with van der Waals surface area (Å²) in [5, 5.41) is 12.2. The van der Waals surface area contributed by atoms with Gasteiger partial charge in [0.1, 0.15) is 0 Å². The number of carboxylic acids is 1. The van der Waals surface area contributed by atoms with E-state index in [0.717, 1.165) is 10.9 Å². The Morgan fingerprint density at radius 2 is 2.10 bits per heavy atom. The Morgan fingerprint density at radius 1 is 1.33 bits per heavy atom. The van der Waals surface area contributed by atoms with Gasteiger partial charge < -0.3 is 9.67 Å². The summed E-state index contributed by atoms with van der Waals surface area (Å²) in [6, 6.07) is 4.28. The third-order valence-electron chi connectivity index (χ3n) is 3.54. The van der Waals surface area contributed by atoms with Gasteiger partial charge in [-0.15, -0.1) is 0 Å². The van der Waals surface area contributed by atoms with E-state index < -0.39 is 12.0 Å². The topological polar surface area (TPSA) is 91.6 Å². The van der Waals surface area contributed by atoms with Crippen LogP contribution in [0.3, 0.4) is 0 Å². The van der Waals surface area contributed by atoms with Crippen molar-refractivity contribution in [2.24, 2.45) is 7.05 Å². The molecule has 3 rings (SSSR count). The lowest BCUT2D eigenvalue weighted by Gasteiger charge is -2.27. The van der Waals surface area contributed by atoms with Crippen LogP contribution in [0.4, 0.5) is 10.5 Å². The minimum Gasteiger partial charge on any atom is -0.478 e. The van der Waals surface area contributed by atoms with E-state index in [1.54, 1.807) is 18.3 Å². The highest BCUT2D eigenvalue weighted by Crippen LogP contribution is 2.30. The van der Waals surface area contributed by atoms with Gasteiger partial charge in [0.25, 0.3) is 0 Å². The van der Waals surface area contributed by atoms with E-state index in [9.17, 15) is 19.5 Å². The van der Waals surface area contributed by atoms with E-state index in [2.05, 4.69) is 5.32 Å². The van der Waals surface area contributed by atoms with Crippen molar-refractivity contribution in [3.63, 3.8) is 0 Å². The van der Waals surface area contributed by atoms with Gasteiger partial charge in [-0.2, -0.15) is 0 Å². The summed E-state index contributed by atoms with van der Waals surface area (Å²) in [6.07, 6.45) is 1.99. The average Bonchev–Trinajstić information content (AvgIpc) is 2.80. The van der Waals surface area contributed by atoms with E-state index in [0.29, 0.717) is 5.69 Å². The second kappa shape index (κ2) is 4.62. The number of fused-ring (bicyclic) bond motifs is 1. The highest BCUT2D eigenvalue weighted by atomic mass is 16.4. The van der Waals surface area contributed by atoms with E-state index in [4.69, 9.17) is 0 Å². The van der Waals surface area contributed by atoms with Crippen LogP contribution in [0.1, 0.15) is 16.8 Å². The highest BCUT2D eigenvalue weighted by Gasteiger charge is 2.27. The maximum absolute atomic E-state index is 12.0. The van der Waals surface area contributed by atoms with E-state index in [1.165, 1.54) is 11.0 Å². The van der Waals surface area contributed by atoms with Gasteiger partial charge in [-0.1, -0.05) is 0 Å². The first-order chi connectivity index (χ1) is 9.97. The molecular weight excluding hydrogens is 274 g/mol. The van der Waals surface area contributed by atoms with Gasteiger partial charge in [-0.3, -0.25) is 15.0 Å². The Labute approximate surface area is 119 Å². The van der Waals surface area contributed by atoms with Crippen molar-refractivity contribution in [2.75, 3.05) is 11.4 Å². The van der Waals surface area contributed by atoms with Crippen LogP contribution >= 0.6 is 0 Å². The zero-order chi connectivity index (χ0) is 15.1. The Balaban J connectivity index is 2.20. The molecule has 2 heterocycles. The molecule has 0 spiro atoms. The predicted molar refractivity (Wildman–Crippen MR) is 75.4 cm³/mol. The molecule has 2 N–H and O–H groups in total. The average molecular weight is 287 g/mol. The monoisotopic (exact) mass is 287 g/mol. The molecule has 0 atom stereocenters. The number of urea groups is 1. The maximum atomic E-state index is 12.0. The molecule has 0 bridgehead atoms. The molecule has 21 heavy (non-hydrogen) atoms. The molecule has 2 aromatic rings. The number of anilines is 1. The molecule has 1 aromatic heterocycles. The lowest BCUT2D eigenvalue weighted by Crippen LogP contribution is -2.49. The number of nitrogens with zero attached hydrogens (tertiary/aromatic N) is 2. The normalized spacial score (nSPS) is 15.4. The molecule has 7 heteroatoms. The number of aromatic carboxylic acids is 1. The molecular formula is C14H13N3O4. The summed E-state index contributed by atoms with van der Waals surface area (Å²) in [5.74, 6) is -1.38. The molecule has 0 saturated carbocycles. The van der Waals surface area contributed by atoms with Gasteiger partial charge >= 0.3 is 12.0 Å². The Hall–Kier alpha value is -2.83. The molecule has 1 aromatic carbocycles. The van der Waals surface area contributed by atoms with Gasteiger partial charge in [0, 0.05) is 31.6 Å². The number of carbonyl (C=O) groups is 3. The number of carbonyl (C=O) groups excluding carboxylic acids is 2. The smallest absolute Gasteiger partial charge is 0.335 e. The zero-order valence-electron chi connectivity index (χ0n) is 11.3. The highest BCUT2D eigenvalue weighted by molar-refractivity contribution is 6.10. The van der Waals surface area contributed by atoms with Gasteiger partial charge in [0.05, 0.1) is 16.8 Å². The number of hydrogen-bond acceptors (Lipinski definition) is 3. The summed E-state index contributed by atoms with van der Waals surface area (Å²) >= 11 is 0. The van der Waals surface area contributed by atoms with Crippen molar-refractivity contribution >= 4 is 34.5 Å². The molecule has 1 aliphatic rings. The number of amides is 3. The Kier molecular flexibility index (Phi) is 2.90. The van der Waals surface area contributed by atoms with Crippen molar-refractivity contribution in [3.05, 3.63) is 30.0 Å². The lowest BCUT2D eigenvalue weighted by molar-refractivity contribution is -0.120. The van der Waals surface area contributed by atoms with Crippen molar-refractivity contribution in [3.8, 4) is 0 Å². The number of imide groups is 1. The number of benzene rings is 1. The second-order valence-electron chi connectivity index (χ2n) is 4.92. The van der Waals surface area contributed by atoms with Crippen LogP contribution in [0.2, 0.25) is 0 Å². The van der Waals surface area contributed by atoms with Gasteiger partial charge in [-0.05, 0) is 18.2 Å². The summed E-state index contributed by atoms with van der Waals surface area (Å²) < 4.78 is 1.82. The fourth-order valence-electron chi connectivity index (χ4n) is 2.54. The van der Waals surface area contributed by atoms with Crippen LogP contribution in [0, 0.1) is 0 Å². The van der Waals surface area contributed by atoms with Crippen LogP contribution in [-0.2, 0) is 11.8 Å². The van der Waals surface area contributed by atoms with Crippen LogP contribution in [0.25, 0.3) is 10.9 Å². The standard InChI is InChI=1S/C14H13N3O4/c1-16-4-2-8-6-9(13(19)20)7-10(12(8)16)17-5-3-11(18)15-14(17)21/h2,4,6-7H,3,5H2,1H3,(H,19,20)(H,15,18,21). The second-order valence-corrected chi connectivity index (χ2v) is 4.92. The van der Waals surface area contributed by atoms with Crippen LogP contribution in [0.5, 0.6) is 0 Å². The van der Waals surface area contributed by atoms with Gasteiger partial charge in [0.15, 0.2) is 0 Å². The maximum Gasteiger partial charge on any atom is 0.335 e. The molecule has 0 aliphatic carbocycles. The summed E-state index contributed by atoms with van der Waals surface area (Å²) in [5.41, 5.74) is 1.35. The molecule has 1 aliphatic heterocycles. The number of aryl methyl sites for hydroxylation is 1. The molecule has 3 amide bonds. The van der Waals surface area contributed by atoms with Crippen molar-refractivity contribution in [1.82, 2.24) is 9.88 Å². The summed E-state index contributed by atoms with van der Waals surface area (Å²) in [4.78, 5) is 35.9. The number of carboxylic acid groups (broad SMARTS) is 1. The molecule has 0 radical (unpaired) electrons. The minimum absolute atomic E-state index is 0.105. The Bertz CT molecular complexity index is 778. The van der Waals surface area contributed by atoms with E-state index in [-0.39, 0.29) is 24.4 Å². The third-order valence-corrected chi connectivity index (χ3v) is 3.54. The largest absolute Gasteiger partial charge is 0.478 e. The van der Waals surface area contributed by atoms with Gasteiger partial charge in [-0.25, -0.2) is 9.59 Å². The van der Waals surface area contributed by atoms with Crippen LogP contribution in [0.15, 0.2) is 24.4 Å². The predicted octanol–water partition coefficient (Wildman–Crippen LogP) is 1.32. The molecule has 0 unspecified atom stereocenters. The first kappa shape index (κ1) is 13.2. The SMILES string of the molecule is Cn1ccc2cc(C(=O)O)cc(N3CCC(=O)NC3=O)c21. The number of nitrogens with one attached hydrogen (secondary N) is 1. The first-order valence-electron chi connectivity index (χ1n) is 6.41. The van der Waals surface area contributed by atoms with Crippen molar-refractivity contribution in [2.45, 2.75) is 6.42 Å². The van der Waals surface area contributed by atoms with Crippen molar-refractivity contribution in [1.29, 1.82) is 0 Å². The molecule has 1 fully saturated rings. The molecule has 7 nitrogen and oxygen atoms in total. The van der Waals surface area contributed by atoms with Crippen LogP contribution < -0.4 is 10.2 Å². The minimum atomic E-state index is -1.06. The summed E-state index contributed by atoms with van der Waals surface area (Å²) in [7, 11) is 1.82. The lowest BCUT2D eigenvalue weighted by atomic mass is 10.1. The molecule has 108 valence electrons. The van der Waals surface area contributed by atoms with E-state index >= 15 is 0 Å². The fraction of sp³-hybridized carbons (Fsp3) is 0.214.